The SMILES string of the molecule is COCCN(CC(=O)N(C)C)C(=O)c1cc(Br)c(Br)s1. The van der Waals surface area contributed by atoms with E-state index in [0.29, 0.717) is 18.0 Å². The first-order valence-corrected chi connectivity index (χ1v) is 8.20. The number of methoxy groups -OCH3 is 1. The quantitative estimate of drug-likeness (QED) is 0.700. The van der Waals surface area contributed by atoms with Crippen molar-refractivity contribution in [2.24, 2.45) is 0 Å². The van der Waals surface area contributed by atoms with Crippen LogP contribution in [0.2, 0.25) is 0 Å². The van der Waals surface area contributed by atoms with E-state index in [1.165, 1.54) is 21.1 Å². The normalized spacial score (nSPS) is 10.4. The highest BCUT2D eigenvalue weighted by Gasteiger charge is 2.22. The summed E-state index contributed by atoms with van der Waals surface area (Å²) in [5, 5.41) is 0. The number of ether oxygens (including phenoxy) is 1. The molecular weight excluding hydrogens is 412 g/mol. The Kier molecular flexibility index (Phi) is 7.14. The number of carbonyl (C=O) groups is 2. The van der Waals surface area contributed by atoms with Gasteiger partial charge in [0.25, 0.3) is 5.91 Å². The smallest absolute Gasteiger partial charge is 0.264 e. The molecule has 0 unspecified atom stereocenters. The molecule has 1 aromatic heterocycles. The molecule has 1 heterocycles. The maximum absolute atomic E-state index is 12.4. The fraction of sp³-hybridized carbons (Fsp3) is 0.500. The third kappa shape index (κ3) is 4.83. The standard InChI is InChI=1S/C12H16Br2N2O3S/c1-15(2)10(17)7-16(4-5-19-3)12(18)9-6-8(13)11(14)20-9/h6H,4-5,7H2,1-3H3. The molecule has 5 nitrogen and oxygen atoms in total. The predicted octanol–water partition coefficient (Wildman–Crippen LogP) is 2.45. The lowest BCUT2D eigenvalue weighted by Gasteiger charge is -2.23. The molecule has 0 saturated carbocycles. The molecule has 0 aliphatic heterocycles. The van der Waals surface area contributed by atoms with Crippen molar-refractivity contribution >= 4 is 55.0 Å². The lowest BCUT2D eigenvalue weighted by molar-refractivity contribution is -0.129. The summed E-state index contributed by atoms with van der Waals surface area (Å²) in [5.74, 6) is -0.294. The van der Waals surface area contributed by atoms with Crippen molar-refractivity contribution in [1.82, 2.24) is 9.80 Å². The van der Waals surface area contributed by atoms with Crippen molar-refractivity contribution in [1.29, 1.82) is 0 Å². The largest absolute Gasteiger partial charge is 0.383 e. The average Bonchev–Trinajstić information content (AvgIpc) is 2.73. The van der Waals surface area contributed by atoms with Crippen molar-refractivity contribution in [2.75, 3.05) is 40.9 Å². The summed E-state index contributed by atoms with van der Waals surface area (Å²) in [7, 11) is 4.90. The van der Waals surface area contributed by atoms with Crippen LogP contribution in [-0.4, -0.2) is 62.5 Å². The van der Waals surface area contributed by atoms with Gasteiger partial charge < -0.3 is 14.5 Å². The van der Waals surface area contributed by atoms with Crippen LogP contribution in [0.3, 0.4) is 0 Å². The lowest BCUT2D eigenvalue weighted by atomic mass is 10.3. The fourth-order valence-electron chi connectivity index (χ4n) is 1.37. The number of nitrogens with zero attached hydrogens (tertiary/aromatic N) is 2. The summed E-state index contributed by atoms with van der Waals surface area (Å²) in [4.78, 5) is 27.8. The van der Waals surface area contributed by atoms with Gasteiger partial charge in [-0.2, -0.15) is 0 Å². The molecule has 0 radical (unpaired) electrons. The summed E-state index contributed by atoms with van der Waals surface area (Å²) in [5.41, 5.74) is 0. The Hall–Kier alpha value is -0.440. The van der Waals surface area contributed by atoms with Crippen LogP contribution in [0.1, 0.15) is 9.67 Å². The van der Waals surface area contributed by atoms with Gasteiger partial charge in [0.2, 0.25) is 5.91 Å². The second-order valence-electron chi connectivity index (χ2n) is 4.24. The van der Waals surface area contributed by atoms with Crippen molar-refractivity contribution in [3.05, 3.63) is 19.2 Å². The Morgan fingerprint density at radius 2 is 2.00 bits per heavy atom. The number of carbonyl (C=O) groups excluding carboxylic acids is 2. The van der Waals surface area contributed by atoms with E-state index in [1.54, 1.807) is 27.3 Å². The second kappa shape index (κ2) is 8.11. The van der Waals surface area contributed by atoms with E-state index in [-0.39, 0.29) is 18.4 Å². The van der Waals surface area contributed by atoms with Crippen LogP contribution in [0.15, 0.2) is 14.3 Å². The van der Waals surface area contributed by atoms with Crippen molar-refractivity contribution in [3.8, 4) is 0 Å². The van der Waals surface area contributed by atoms with E-state index in [9.17, 15) is 9.59 Å². The van der Waals surface area contributed by atoms with Crippen molar-refractivity contribution in [2.45, 2.75) is 0 Å². The third-order valence-corrected chi connectivity index (χ3v) is 5.78. The maximum atomic E-state index is 12.4. The Labute approximate surface area is 139 Å². The van der Waals surface area contributed by atoms with Gasteiger partial charge >= 0.3 is 0 Å². The van der Waals surface area contributed by atoms with E-state index in [0.717, 1.165) is 8.26 Å². The number of thiophene rings is 1. The van der Waals surface area contributed by atoms with Gasteiger partial charge in [-0.3, -0.25) is 9.59 Å². The highest BCUT2D eigenvalue weighted by molar-refractivity contribution is 9.13. The van der Waals surface area contributed by atoms with E-state index in [1.807, 2.05) is 0 Å². The summed E-state index contributed by atoms with van der Waals surface area (Å²) >= 11 is 8.05. The Morgan fingerprint density at radius 1 is 1.35 bits per heavy atom. The van der Waals surface area contributed by atoms with Crippen LogP contribution >= 0.6 is 43.2 Å². The Morgan fingerprint density at radius 3 is 2.45 bits per heavy atom. The molecule has 0 spiro atoms. The first-order chi connectivity index (χ1) is 9.36. The molecule has 112 valence electrons. The van der Waals surface area contributed by atoms with Crippen LogP contribution < -0.4 is 0 Å². The molecule has 0 saturated heterocycles. The highest BCUT2D eigenvalue weighted by Crippen LogP contribution is 2.32. The summed E-state index contributed by atoms with van der Waals surface area (Å²) < 4.78 is 6.68. The molecule has 1 aromatic rings. The molecule has 2 amide bonds. The van der Waals surface area contributed by atoms with Gasteiger partial charge in [-0.1, -0.05) is 0 Å². The van der Waals surface area contributed by atoms with Crippen LogP contribution in [-0.2, 0) is 9.53 Å². The van der Waals surface area contributed by atoms with Gasteiger partial charge in [-0.15, -0.1) is 11.3 Å². The average molecular weight is 428 g/mol. The van der Waals surface area contributed by atoms with Crippen molar-refractivity contribution < 1.29 is 14.3 Å². The summed E-state index contributed by atoms with van der Waals surface area (Å²) in [6, 6.07) is 1.75. The van der Waals surface area contributed by atoms with Gasteiger partial charge in [-0.25, -0.2) is 0 Å². The minimum atomic E-state index is -0.173. The number of halogens is 2. The third-order valence-electron chi connectivity index (χ3n) is 2.53. The van der Waals surface area contributed by atoms with Crippen LogP contribution in [0.4, 0.5) is 0 Å². The zero-order chi connectivity index (χ0) is 15.3. The number of rotatable bonds is 6. The first-order valence-electron chi connectivity index (χ1n) is 5.80. The molecule has 0 aliphatic rings. The number of hydrogen-bond acceptors (Lipinski definition) is 4. The number of amides is 2. The molecule has 0 aromatic carbocycles. The summed E-state index contributed by atoms with van der Waals surface area (Å²) in [6.45, 7) is 0.810. The monoisotopic (exact) mass is 426 g/mol. The zero-order valence-corrected chi connectivity index (χ0v) is 15.5. The maximum Gasteiger partial charge on any atom is 0.264 e. The van der Waals surface area contributed by atoms with Gasteiger partial charge in [0.1, 0.15) is 6.54 Å². The molecular formula is C12H16Br2N2O3S. The molecule has 1 rings (SSSR count). The number of hydrogen-bond donors (Lipinski definition) is 0. The van der Waals surface area contributed by atoms with Crippen LogP contribution in [0, 0.1) is 0 Å². The van der Waals surface area contributed by atoms with E-state index >= 15 is 0 Å². The van der Waals surface area contributed by atoms with Gasteiger partial charge in [-0.05, 0) is 37.9 Å². The molecule has 8 heteroatoms. The van der Waals surface area contributed by atoms with E-state index in [4.69, 9.17) is 4.74 Å². The lowest BCUT2D eigenvalue weighted by Crippen LogP contribution is -2.41. The minimum Gasteiger partial charge on any atom is -0.383 e. The first kappa shape index (κ1) is 17.6. The van der Waals surface area contributed by atoms with E-state index < -0.39 is 0 Å². The van der Waals surface area contributed by atoms with Crippen molar-refractivity contribution in [3.63, 3.8) is 0 Å². The Bertz CT molecular complexity index is 472. The molecule has 20 heavy (non-hydrogen) atoms. The van der Waals surface area contributed by atoms with Crippen LogP contribution in [0.25, 0.3) is 0 Å². The summed E-state index contributed by atoms with van der Waals surface area (Å²) in [6.07, 6.45) is 0. The fourth-order valence-corrected chi connectivity index (χ4v) is 3.37. The molecule has 0 N–H and O–H groups in total. The molecule has 0 atom stereocenters. The predicted molar refractivity (Wildman–Crippen MR) is 86.2 cm³/mol. The van der Waals surface area contributed by atoms with Gasteiger partial charge in [0.05, 0.1) is 15.3 Å². The van der Waals surface area contributed by atoms with Crippen LogP contribution in [0.5, 0.6) is 0 Å². The number of likely N-dealkylation sites (N-methyl/N-ethyl adjacent to an activating group) is 1. The second-order valence-corrected chi connectivity index (χ2v) is 7.46. The highest BCUT2D eigenvalue weighted by atomic mass is 79.9. The Balaban J connectivity index is 2.86. The molecule has 0 fully saturated rings. The zero-order valence-electron chi connectivity index (χ0n) is 11.5. The van der Waals surface area contributed by atoms with Gasteiger partial charge in [0, 0.05) is 32.2 Å². The van der Waals surface area contributed by atoms with Gasteiger partial charge in [0.15, 0.2) is 0 Å². The molecule has 0 aliphatic carbocycles. The van der Waals surface area contributed by atoms with E-state index in [2.05, 4.69) is 31.9 Å². The molecule has 0 bridgehead atoms. The minimum absolute atomic E-state index is 0.0440. The topological polar surface area (TPSA) is 49.9 Å².